The minimum atomic E-state index is -0.388. The minimum absolute atomic E-state index is 0.00760. The van der Waals surface area contributed by atoms with E-state index < -0.39 is 0 Å². The van der Waals surface area contributed by atoms with Crippen molar-refractivity contribution in [1.29, 1.82) is 0 Å². The van der Waals surface area contributed by atoms with Gasteiger partial charge in [-0.25, -0.2) is 0 Å². The van der Waals surface area contributed by atoms with Crippen LogP contribution in [-0.2, 0) is 42.9 Å². The molecule has 0 bridgehead atoms. The highest BCUT2D eigenvalue weighted by molar-refractivity contribution is 5.69. The van der Waals surface area contributed by atoms with Gasteiger partial charge < -0.3 is 28.8 Å². The molecule has 0 saturated heterocycles. The smallest absolute Gasteiger partial charge is 0.302 e. The van der Waals surface area contributed by atoms with Gasteiger partial charge in [0, 0.05) is 56.8 Å². The summed E-state index contributed by atoms with van der Waals surface area (Å²) in [6.07, 6.45) is 20.7. The zero-order valence-corrected chi connectivity index (χ0v) is 34.6. The van der Waals surface area contributed by atoms with E-state index in [0.717, 1.165) is 96.3 Å². The van der Waals surface area contributed by atoms with E-state index in [1.807, 2.05) is 0 Å². The van der Waals surface area contributed by atoms with Crippen LogP contribution in [0.2, 0.25) is 0 Å². The molecule has 0 spiro atoms. The summed E-state index contributed by atoms with van der Waals surface area (Å²) in [5, 5.41) is 10.5. The Morgan fingerprint density at radius 2 is 1.07 bits per heavy atom. The lowest BCUT2D eigenvalue weighted by Gasteiger charge is -2.58. The number of aliphatic hydroxyl groups excluding tert-OH is 1. The predicted molar refractivity (Wildman–Crippen MR) is 207 cm³/mol. The van der Waals surface area contributed by atoms with Gasteiger partial charge in [-0.1, -0.05) is 37.1 Å². The van der Waals surface area contributed by atoms with Gasteiger partial charge in [-0.15, -0.1) is 0 Å². The monoisotopic (exact) mass is 778 g/mol. The zero-order valence-electron chi connectivity index (χ0n) is 34.6. The van der Waals surface area contributed by atoms with Gasteiger partial charge in [-0.05, 0) is 125 Å². The van der Waals surface area contributed by atoms with Crippen LogP contribution in [0.15, 0.2) is 23.3 Å². The molecule has 56 heavy (non-hydrogen) atoms. The first-order valence-electron chi connectivity index (χ1n) is 21.7. The molecule has 1 N–H and O–H groups in total. The molecule has 10 heteroatoms. The van der Waals surface area contributed by atoms with Crippen molar-refractivity contribution in [2.75, 3.05) is 6.61 Å². The minimum Gasteiger partial charge on any atom is -0.462 e. The van der Waals surface area contributed by atoms with Crippen LogP contribution in [0.1, 0.15) is 144 Å². The van der Waals surface area contributed by atoms with Crippen LogP contribution in [-0.4, -0.2) is 66.3 Å². The topological polar surface area (TPSA) is 143 Å². The zero-order chi connectivity index (χ0) is 40.2. The normalized spacial score (nSPS) is 44.5. The van der Waals surface area contributed by atoms with Crippen molar-refractivity contribution in [1.82, 2.24) is 0 Å². The molecule has 0 aliphatic heterocycles. The number of rotatable bonds is 6. The van der Waals surface area contributed by atoms with Crippen molar-refractivity contribution in [2.24, 2.45) is 57.2 Å². The maximum Gasteiger partial charge on any atom is 0.302 e. The lowest BCUT2D eigenvalue weighted by molar-refractivity contribution is -0.159. The molecular formula is C46H66O10. The fourth-order valence-electron chi connectivity index (χ4n) is 14.6. The summed E-state index contributed by atoms with van der Waals surface area (Å²) in [5.74, 6) is 2.07. The highest BCUT2D eigenvalue weighted by Crippen LogP contribution is 2.67. The van der Waals surface area contributed by atoms with Crippen LogP contribution in [0.25, 0.3) is 0 Å². The van der Waals surface area contributed by atoms with Crippen LogP contribution in [0.4, 0.5) is 0 Å². The van der Waals surface area contributed by atoms with Gasteiger partial charge in [0.1, 0.15) is 30.7 Å². The summed E-state index contributed by atoms with van der Waals surface area (Å²) in [6, 6.07) is 0. The Kier molecular flexibility index (Phi) is 11.5. The molecule has 10 nitrogen and oxygen atoms in total. The maximum absolute atomic E-state index is 12.5. The van der Waals surface area contributed by atoms with Gasteiger partial charge in [-0.2, -0.15) is 0 Å². The molecule has 0 radical (unpaired) electrons. The molecular weight excluding hydrogens is 712 g/mol. The summed E-state index contributed by atoms with van der Waals surface area (Å²) in [5.41, 5.74) is 2.05. The first-order valence-corrected chi connectivity index (χ1v) is 21.7. The van der Waals surface area contributed by atoms with E-state index in [4.69, 9.17) is 18.9 Å². The third kappa shape index (κ3) is 6.99. The predicted octanol–water partition coefficient (Wildman–Crippen LogP) is 7.78. The number of aldehydes is 1. The molecule has 0 heterocycles. The first-order chi connectivity index (χ1) is 26.6. The van der Waals surface area contributed by atoms with Crippen molar-refractivity contribution < 1.29 is 48.0 Å². The second-order valence-corrected chi connectivity index (χ2v) is 19.5. The second kappa shape index (κ2) is 15.6. The van der Waals surface area contributed by atoms with Gasteiger partial charge in [-0.3, -0.25) is 19.2 Å². The van der Waals surface area contributed by atoms with Crippen molar-refractivity contribution in [3.05, 3.63) is 23.3 Å². The van der Waals surface area contributed by atoms with Gasteiger partial charge in [0.05, 0.1) is 12.0 Å². The Labute approximate surface area is 333 Å². The van der Waals surface area contributed by atoms with E-state index in [-0.39, 0.29) is 76.6 Å². The number of aliphatic hydroxyl groups is 1. The Bertz CT molecular complexity index is 1630. The van der Waals surface area contributed by atoms with Gasteiger partial charge in [0.15, 0.2) is 0 Å². The summed E-state index contributed by atoms with van der Waals surface area (Å²) in [6.45, 7) is 10.7. The first kappa shape index (κ1) is 41.2. The van der Waals surface area contributed by atoms with Crippen molar-refractivity contribution in [3.8, 4) is 0 Å². The lowest BCUT2D eigenvalue weighted by atomic mass is 9.47. The summed E-state index contributed by atoms with van der Waals surface area (Å²) in [4.78, 5) is 58.4. The maximum atomic E-state index is 12.5. The molecule has 0 aromatic carbocycles. The van der Waals surface area contributed by atoms with E-state index in [9.17, 15) is 29.1 Å². The standard InChI is InChI=1S/C23H34O5.C23H32O5/c2*1-14(25)27-17-8-11-23(13-24)16(12-17)4-5-18-19-6-7-21(28-15(2)26)22(19,3)10-9-20(18)23/h4,17-21,24H,5-13H2,1-3H3;4,13,17-21H,5-12H2,1-3H3/t2*17-,18?,19?,20?,21-,22-,23+/m00/s1. The third-order valence-corrected chi connectivity index (χ3v) is 17.0. The number of allylic oxidation sites excluding steroid dienone is 2. The van der Waals surface area contributed by atoms with Crippen LogP contribution in [0, 0.1) is 57.2 Å². The molecule has 6 fully saturated rings. The van der Waals surface area contributed by atoms with Crippen LogP contribution in [0.3, 0.4) is 0 Å². The van der Waals surface area contributed by atoms with E-state index in [1.165, 1.54) is 45.1 Å². The average molecular weight is 779 g/mol. The fourth-order valence-corrected chi connectivity index (χ4v) is 14.6. The van der Waals surface area contributed by atoms with Crippen molar-refractivity contribution in [3.63, 3.8) is 0 Å². The van der Waals surface area contributed by atoms with Crippen molar-refractivity contribution >= 4 is 30.2 Å². The fraction of sp³-hybridized carbons (Fsp3) is 0.804. The summed E-state index contributed by atoms with van der Waals surface area (Å²) < 4.78 is 22.4. The summed E-state index contributed by atoms with van der Waals surface area (Å²) >= 11 is 0. The van der Waals surface area contributed by atoms with Gasteiger partial charge in [0.2, 0.25) is 0 Å². The molecule has 6 saturated carbocycles. The van der Waals surface area contributed by atoms with Crippen LogP contribution in [0.5, 0.6) is 0 Å². The number of carbonyl (C=O) groups excluding carboxylic acids is 5. The van der Waals surface area contributed by atoms with E-state index in [0.29, 0.717) is 41.9 Å². The SMILES string of the molecule is CC(=O)O[C@H]1CC[C@@]2(C=O)C(=CCC3C2CC[C@@]2(C)C3CC[C@@H]2OC(C)=O)C1.CC(=O)O[C@H]1CC[C@@]2(CO)C(=CCC3C2CC[C@@]2(C)C3CC[C@@H]2OC(C)=O)C1. The van der Waals surface area contributed by atoms with Gasteiger partial charge in [0.25, 0.3) is 0 Å². The number of hydrogen-bond acceptors (Lipinski definition) is 10. The number of carbonyl (C=O) groups is 5. The highest BCUT2D eigenvalue weighted by atomic mass is 16.6. The Morgan fingerprint density at radius 3 is 1.57 bits per heavy atom. The average Bonchev–Trinajstić information content (AvgIpc) is 3.65. The van der Waals surface area contributed by atoms with Gasteiger partial charge >= 0.3 is 23.9 Å². The Balaban J connectivity index is 0.000000172. The van der Waals surface area contributed by atoms with E-state index >= 15 is 0 Å². The largest absolute Gasteiger partial charge is 0.462 e. The quantitative estimate of drug-likeness (QED) is 0.123. The van der Waals surface area contributed by atoms with E-state index in [2.05, 4.69) is 26.0 Å². The lowest BCUT2D eigenvalue weighted by Crippen LogP contribution is -2.54. The molecule has 0 aromatic heterocycles. The number of hydrogen-bond donors (Lipinski definition) is 1. The number of ether oxygens (including phenoxy) is 4. The van der Waals surface area contributed by atoms with Crippen LogP contribution >= 0.6 is 0 Å². The highest BCUT2D eigenvalue weighted by Gasteiger charge is 2.62. The Morgan fingerprint density at radius 1 is 0.607 bits per heavy atom. The molecule has 8 aliphatic rings. The number of esters is 4. The third-order valence-electron chi connectivity index (χ3n) is 17.0. The molecule has 0 amide bonds. The van der Waals surface area contributed by atoms with Crippen LogP contribution < -0.4 is 0 Å². The molecule has 6 unspecified atom stereocenters. The van der Waals surface area contributed by atoms with Crippen molar-refractivity contribution in [2.45, 2.75) is 169 Å². The molecule has 8 aliphatic carbocycles. The van der Waals surface area contributed by atoms with E-state index in [1.54, 1.807) is 0 Å². The second-order valence-electron chi connectivity index (χ2n) is 19.5. The Hall–Kier alpha value is -3.01. The molecule has 8 rings (SSSR count). The number of fused-ring (bicyclic) bond motifs is 10. The molecule has 310 valence electrons. The molecule has 14 atom stereocenters. The summed E-state index contributed by atoms with van der Waals surface area (Å²) in [7, 11) is 0. The molecule has 0 aromatic rings.